The van der Waals surface area contributed by atoms with E-state index >= 15 is 0 Å². The second-order valence-electron chi connectivity index (χ2n) is 5.63. The third-order valence-electron chi connectivity index (χ3n) is 4.22. The topological polar surface area (TPSA) is 101 Å². The van der Waals surface area contributed by atoms with Crippen LogP contribution in [-0.2, 0) is 4.79 Å². The summed E-state index contributed by atoms with van der Waals surface area (Å²) < 4.78 is 0. The van der Waals surface area contributed by atoms with Crippen molar-refractivity contribution in [2.24, 2.45) is 5.92 Å². The normalized spacial score (nSPS) is 21.5. The fraction of sp³-hybridized carbons (Fsp3) is 0.467. The lowest BCUT2D eigenvalue weighted by Crippen LogP contribution is -2.47. The highest BCUT2D eigenvalue weighted by atomic mass is 16.6. The molecule has 1 saturated heterocycles. The first-order valence-corrected chi connectivity index (χ1v) is 7.10. The Labute approximate surface area is 127 Å². The molecule has 0 radical (unpaired) electrons. The number of carbonyl (C=O) groups is 2. The van der Waals surface area contributed by atoms with Crippen LogP contribution in [0.25, 0.3) is 0 Å². The number of benzene rings is 1. The summed E-state index contributed by atoms with van der Waals surface area (Å²) in [7, 11) is 0. The Hall–Kier alpha value is -2.44. The summed E-state index contributed by atoms with van der Waals surface area (Å²) in [6.45, 7) is 3.54. The quantitative estimate of drug-likeness (QED) is 0.681. The highest BCUT2D eigenvalue weighted by Crippen LogP contribution is 2.27. The molecule has 0 spiro atoms. The van der Waals surface area contributed by atoms with E-state index < -0.39 is 16.8 Å². The number of amides is 1. The minimum Gasteiger partial charge on any atom is -0.481 e. The summed E-state index contributed by atoms with van der Waals surface area (Å²) in [4.78, 5) is 35.8. The van der Waals surface area contributed by atoms with Gasteiger partial charge in [-0.1, -0.05) is 6.07 Å². The number of carboxylic acid groups (broad SMARTS) is 1. The lowest BCUT2D eigenvalue weighted by molar-refractivity contribution is -0.385. The van der Waals surface area contributed by atoms with Crippen LogP contribution in [0.5, 0.6) is 0 Å². The van der Waals surface area contributed by atoms with Crippen molar-refractivity contribution in [2.75, 3.05) is 6.54 Å². The van der Waals surface area contributed by atoms with Crippen LogP contribution in [0.2, 0.25) is 0 Å². The highest BCUT2D eigenvalue weighted by molar-refractivity contribution is 5.97. The molecule has 0 aromatic heterocycles. The van der Waals surface area contributed by atoms with Crippen LogP contribution >= 0.6 is 0 Å². The third kappa shape index (κ3) is 2.93. The lowest BCUT2D eigenvalue weighted by Gasteiger charge is -2.36. The zero-order valence-corrected chi connectivity index (χ0v) is 12.5. The summed E-state index contributed by atoms with van der Waals surface area (Å²) in [5, 5.41) is 20.1. The SMILES string of the molecule is Cc1c(C(=O)N2CC(C(=O)O)CCC2C)cccc1[N+](=O)[O-]. The second kappa shape index (κ2) is 6.13. The molecule has 7 heteroatoms. The van der Waals surface area contributed by atoms with Crippen LogP contribution in [0, 0.1) is 23.0 Å². The average Bonchev–Trinajstić information content (AvgIpc) is 2.46. The molecule has 1 heterocycles. The predicted octanol–water partition coefficient (Wildman–Crippen LogP) is 2.23. The molecule has 1 aromatic rings. The standard InChI is InChI=1S/C15H18N2O5/c1-9-6-7-11(15(19)20)8-16(9)14(18)12-4-3-5-13(10(12)2)17(21)22/h3-5,9,11H,6-8H2,1-2H3,(H,19,20). The molecule has 0 bridgehead atoms. The molecule has 2 unspecified atom stereocenters. The van der Waals surface area contributed by atoms with E-state index in [1.165, 1.54) is 24.0 Å². The van der Waals surface area contributed by atoms with Crippen LogP contribution in [0.15, 0.2) is 18.2 Å². The molecule has 22 heavy (non-hydrogen) atoms. The van der Waals surface area contributed by atoms with Gasteiger partial charge in [0.1, 0.15) is 0 Å². The van der Waals surface area contributed by atoms with Gasteiger partial charge in [-0.25, -0.2) is 0 Å². The predicted molar refractivity (Wildman–Crippen MR) is 78.7 cm³/mol. The Morgan fingerprint density at radius 2 is 2.05 bits per heavy atom. The van der Waals surface area contributed by atoms with E-state index in [0.29, 0.717) is 18.4 Å². The Balaban J connectivity index is 2.32. The van der Waals surface area contributed by atoms with Gasteiger partial charge in [-0.05, 0) is 32.8 Å². The van der Waals surface area contributed by atoms with Gasteiger partial charge >= 0.3 is 5.97 Å². The van der Waals surface area contributed by atoms with Gasteiger partial charge in [0.15, 0.2) is 0 Å². The van der Waals surface area contributed by atoms with Gasteiger partial charge in [-0.3, -0.25) is 19.7 Å². The van der Waals surface area contributed by atoms with Crippen LogP contribution in [0.4, 0.5) is 5.69 Å². The van der Waals surface area contributed by atoms with Crippen molar-refractivity contribution in [3.63, 3.8) is 0 Å². The monoisotopic (exact) mass is 306 g/mol. The molecule has 1 aliphatic rings. The number of piperidine rings is 1. The number of aliphatic carboxylic acids is 1. The lowest BCUT2D eigenvalue weighted by atomic mass is 9.92. The number of likely N-dealkylation sites (tertiary alicyclic amines) is 1. The zero-order chi connectivity index (χ0) is 16.4. The molecule has 118 valence electrons. The highest BCUT2D eigenvalue weighted by Gasteiger charge is 2.34. The first kappa shape index (κ1) is 15.9. The molecule has 2 atom stereocenters. The fourth-order valence-electron chi connectivity index (χ4n) is 2.80. The molecule has 0 aliphatic carbocycles. The maximum Gasteiger partial charge on any atom is 0.308 e. The summed E-state index contributed by atoms with van der Waals surface area (Å²) in [5.74, 6) is -1.85. The van der Waals surface area contributed by atoms with E-state index in [1.807, 2.05) is 6.92 Å². The number of nitro groups is 1. The molecule has 2 rings (SSSR count). The number of hydrogen-bond acceptors (Lipinski definition) is 4. The van der Waals surface area contributed by atoms with Crippen molar-refractivity contribution in [1.82, 2.24) is 4.90 Å². The molecule has 7 nitrogen and oxygen atoms in total. The molecular formula is C15H18N2O5. The van der Waals surface area contributed by atoms with Crippen molar-refractivity contribution >= 4 is 17.6 Å². The Kier molecular flexibility index (Phi) is 4.44. The molecule has 0 saturated carbocycles. The summed E-state index contributed by atoms with van der Waals surface area (Å²) in [6, 6.07) is 4.29. The van der Waals surface area contributed by atoms with Crippen LogP contribution < -0.4 is 0 Å². The molecule has 1 fully saturated rings. The van der Waals surface area contributed by atoms with E-state index in [1.54, 1.807) is 6.07 Å². The summed E-state index contributed by atoms with van der Waals surface area (Å²) in [5.41, 5.74) is 0.458. The molecule has 1 aliphatic heterocycles. The average molecular weight is 306 g/mol. The second-order valence-corrected chi connectivity index (χ2v) is 5.63. The number of carbonyl (C=O) groups excluding carboxylic acids is 1. The van der Waals surface area contributed by atoms with Crippen LogP contribution in [-0.4, -0.2) is 39.4 Å². The maximum absolute atomic E-state index is 12.7. The smallest absolute Gasteiger partial charge is 0.308 e. The van der Waals surface area contributed by atoms with Crippen molar-refractivity contribution in [1.29, 1.82) is 0 Å². The summed E-state index contributed by atoms with van der Waals surface area (Å²) >= 11 is 0. The van der Waals surface area contributed by atoms with Gasteiger partial charge in [0.2, 0.25) is 0 Å². The minimum absolute atomic E-state index is 0.0817. The Morgan fingerprint density at radius 3 is 2.64 bits per heavy atom. The van der Waals surface area contributed by atoms with Crippen LogP contribution in [0.1, 0.15) is 35.7 Å². The van der Waals surface area contributed by atoms with Gasteiger partial charge in [0.25, 0.3) is 11.6 Å². The number of nitrogens with zero attached hydrogens (tertiary/aromatic N) is 2. The number of rotatable bonds is 3. The minimum atomic E-state index is -0.916. The largest absolute Gasteiger partial charge is 0.481 e. The fourth-order valence-corrected chi connectivity index (χ4v) is 2.80. The van der Waals surface area contributed by atoms with E-state index in [2.05, 4.69) is 0 Å². The van der Waals surface area contributed by atoms with Crippen molar-refractivity contribution in [3.8, 4) is 0 Å². The van der Waals surface area contributed by atoms with E-state index in [9.17, 15) is 19.7 Å². The van der Waals surface area contributed by atoms with E-state index in [4.69, 9.17) is 5.11 Å². The van der Waals surface area contributed by atoms with Crippen molar-refractivity contribution in [2.45, 2.75) is 32.7 Å². The van der Waals surface area contributed by atoms with Crippen molar-refractivity contribution in [3.05, 3.63) is 39.4 Å². The van der Waals surface area contributed by atoms with E-state index in [0.717, 1.165) is 0 Å². The number of carboxylic acids is 1. The first-order valence-electron chi connectivity index (χ1n) is 7.10. The van der Waals surface area contributed by atoms with Gasteiger partial charge in [0, 0.05) is 29.8 Å². The first-order chi connectivity index (χ1) is 10.3. The molecular weight excluding hydrogens is 288 g/mol. The van der Waals surface area contributed by atoms with E-state index in [-0.39, 0.29) is 29.7 Å². The van der Waals surface area contributed by atoms with Gasteiger partial charge in [-0.2, -0.15) is 0 Å². The Morgan fingerprint density at radius 1 is 1.36 bits per heavy atom. The maximum atomic E-state index is 12.7. The third-order valence-corrected chi connectivity index (χ3v) is 4.22. The number of hydrogen-bond donors (Lipinski definition) is 1. The Bertz CT molecular complexity index is 628. The zero-order valence-electron chi connectivity index (χ0n) is 12.5. The molecule has 1 amide bonds. The summed E-state index contributed by atoms with van der Waals surface area (Å²) in [6.07, 6.45) is 1.14. The van der Waals surface area contributed by atoms with Crippen LogP contribution in [0.3, 0.4) is 0 Å². The van der Waals surface area contributed by atoms with Crippen molar-refractivity contribution < 1.29 is 19.6 Å². The number of nitro benzene ring substituents is 1. The molecule has 1 N–H and O–H groups in total. The van der Waals surface area contributed by atoms with Gasteiger partial charge in [-0.15, -0.1) is 0 Å². The molecule has 1 aromatic carbocycles. The van der Waals surface area contributed by atoms with Gasteiger partial charge < -0.3 is 10.0 Å². The van der Waals surface area contributed by atoms with Gasteiger partial charge in [0.05, 0.1) is 10.8 Å².